The van der Waals surface area contributed by atoms with Gasteiger partial charge in [-0.2, -0.15) is 4.98 Å². The quantitative estimate of drug-likeness (QED) is 0.112. The number of anilines is 1. The zero-order chi connectivity index (χ0) is 28.2. The molecule has 4 rings (SSSR count). The topological polar surface area (TPSA) is 83.3 Å². The van der Waals surface area contributed by atoms with Crippen molar-refractivity contribution in [2.24, 2.45) is 0 Å². The summed E-state index contributed by atoms with van der Waals surface area (Å²) >= 11 is 0. The Hall–Kier alpha value is -4.20. The van der Waals surface area contributed by atoms with Crippen molar-refractivity contribution in [2.75, 3.05) is 31.8 Å². The number of fused-ring (bicyclic) bond motifs is 1. The molecule has 0 fully saturated rings. The van der Waals surface area contributed by atoms with Crippen LogP contribution in [-0.2, 0) is 16.1 Å². The van der Waals surface area contributed by atoms with E-state index in [0.717, 1.165) is 47.4 Å². The normalized spacial score (nSPS) is 11.7. The van der Waals surface area contributed by atoms with Crippen LogP contribution in [0.3, 0.4) is 0 Å². The van der Waals surface area contributed by atoms with Gasteiger partial charge in [0, 0.05) is 13.1 Å². The summed E-state index contributed by atoms with van der Waals surface area (Å²) in [5, 5.41) is 0. The molecule has 0 spiro atoms. The van der Waals surface area contributed by atoms with Gasteiger partial charge >= 0.3 is 5.97 Å². The summed E-state index contributed by atoms with van der Waals surface area (Å²) in [7, 11) is 1.64. The summed E-state index contributed by atoms with van der Waals surface area (Å²) in [6, 6.07) is 23.6. The molecular formula is C32H38N2O6. The van der Waals surface area contributed by atoms with E-state index in [4.69, 9.17) is 28.3 Å². The van der Waals surface area contributed by atoms with Crippen molar-refractivity contribution in [2.45, 2.75) is 52.2 Å². The van der Waals surface area contributed by atoms with Gasteiger partial charge in [0.2, 0.25) is 0 Å². The van der Waals surface area contributed by atoms with Crippen molar-refractivity contribution < 1.29 is 28.2 Å². The number of para-hydroxylation sites is 2. The number of rotatable bonds is 16. The highest BCUT2D eigenvalue weighted by atomic mass is 16.6. The number of carbonyl (C=O) groups is 1. The van der Waals surface area contributed by atoms with Gasteiger partial charge in [-0.05, 0) is 73.4 Å². The minimum atomic E-state index is -0.643. The lowest BCUT2D eigenvalue weighted by Crippen LogP contribution is -2.29. The highest BCUT2D eigenvalue weighted by Gasteiger charge is 2.21. The number of methoxy groups -OCH3 is 1. The lowest BCUT2D eigenvalue weighted by atomic mass is 10.2. The van der Waals surface area contributed by atoms with Gasteiger partial charge in [-0.15, -0.1) is 0 Å². The van der Waals surface area contributed by atoms with Gasteiger partial charge in [-0.1, -0.05) is 44.5 Å². The van der Waals surface area contributed by atoms with E-state index >= 15 is 0 Å². The lowest BCUT2D eigenvalue weighted by Gasteiger charge is -2.22. The van der Waals surface area contributed by atoms with Crippen LogP contribution in [0.2, 0.25) is 0 Å². The molecule has 0 saturated heterocycles. The van der Waals surface area contributed by atoms with Crippen LogP contribution in [0, 0.1) is 0 Å². The average molecular weight is 547 g/mol. The van der Waals surface area contributed by atoms with Gasteiger partial charge in [-0.3, -0.25) is 0 Å². The largest absolute Gasteiger partial charge is 0.497 e. The molecule has 1 aromatic heterocycles. The molecule has 212 valence electrons. The molecule has 1 heterocycles. The number of unbranched alkanes of at least 4 members (excludes halogenated alkanes) is 1. The summed E-state index contributed by atoms with van der Waals surface area (Å²) < 4.78 is 28.7. The van der Waals surface area contributed by atoms with Crippen LogP contribution in [0.15, 0.2) is 77.2 Å². The van der Waals surface area contributed by atoms with Crippen LogP contribution in [-0.4, -0.2) is 43.9 Å². The van der Waals surface area contributed by atoms with E-state index in [9.17, 15) is 4.79 Å². The fourth-order valence-electron chi connectivity index (χ4n) is 4.16. The molecule has 8 nitrogen and oxygen atoms in total. The van der Waals surface area contributed by atoms with Crippen molar-refractivity contribution >= 4 is 23.1 Å². The number of hydrogen-bond donors (Lipinski definition) is 0. The number of benzene rings is 3. The number of ether oxygens (including phenoxy) is 4. The molecule has 8 heteroatoms. The van der Waals surface area contributed by atoms with Crippen LogP contribution in [0.4, 0.5) is 6.01 Å². The maximum atomic E-state index is 12.5. The van der Waals surface area contributed by atoms with Gasteiger partial charge in [-0.25, -0.2) is 4.79 Å². The Kier molecular flexibility index (Phi) is 10.7. The first-order valence-corrected chi connectivity index (χ1v) is 13.9. The molecule has 1 atom stereocenters. The highest BCUT2D eigenvalue weighted by molar-refractivity contribution is 5.75. The van der Waals surface area contributed by atoms with Crippen molar-refractivity contribution in [3.05, 3.63) is 78.4 Å². The van der Waals surface area contributed by atoms with E-state index in [1.807, 2.05) is 79.7 Å². The van der Waals surface area contributed by atoms with Crippen LogP contribution in [0.1, 0.15) is 45.1 Å². The molecule has 0 amide bonds. The van der Waals surface area contributed by atoms with Gasteiger partial charge in [0.25, 0.3) is 6.01 Å². The minimum Gasteiger partial charge on any atom is -0.497 e. The second-order valence-corrected chi connectivity index (χ2v) is 9.45. The molecule has 0 aliphatic rings. The molecule has 4 aromatic rings. The molecule has 0 N–H and O–H groups in total. The Morgan fingerprint density at radius 3 is 2.48 bits per heavy atom. The first-order chi connectivity index (χ1) is 19.6. The van der Waals surface area contributed by atoms with Crippen LogP contribution < -0.4 is 19.1 Å². The van der Waals surface area contributed by atoms with E-state index in [2.05, 4.69) is 11.8 Å². The maximum absolute atomic E-state index is 12.5. The van der Waals surface area contributed by atoms with Gasteiger partial charge in [0.1, 0.15) is 22.8 Å². The number of esters is 1. The second-order valence-electron chi connectivity index (χ2n) is 9.45. The summed E-state index contributed by atoms with van der Waals surface area (Å²) in [6.07, 6.45) is 2.45. The van der Waals surface area contributed by atoms with Gasteiger partial charge < -0.3 is 28.3 Å². The fraction of sp³-hybridized carbons (Fsp3) is 0.375. The van der Waals surface area contributed by atoms with Crippen LogP contribution in [0.5, 0.6) is 17.2 Å². The smallest absolute Gasteiger partial charge is 0.347 e. The SMILES string of the molecule is CCCCOC(=O)[C@H](CC)Oc1cccc(CN(CCCOc2ccc(OC)cc2)c2nc3ccccc3o2)c1. The Morgan fingerprint density at radius 2 is 1.73 bits per heavy atom. The molecule has 0 saturated carbocycles. The Morgan fingerprint density at radius 1 is 0.925 bits per heavy atom. The first kappa shape index (κ1) is 28.8. The van der Waals surface area contributed by atoms with Gasteiger partial charge in [0.05, 0.1) is 20.3 Å². The van der Waals surface area contributed by atoms with Crippen molar-refractivity contribution in [3.63, 3.8) is 0 Å². The number of nitrogens with zero attached hydrogens (tertiary/aromatic N) is 2. The summed E-state index contributed by atoms with van der Waals surface area (Å²) in [4.78, 5) is 19.3. The molecular weight excluding hydrogens is 508 g/mol. The van der Waals surface area contributed by atoms with E-state index < -0.39 is 6.10 Å². The third-order valence-corrected chi connectivity index (χ3v) is 6.38. The number of hydrogen-bond acceptors (Lipinski definition) is 8. The third-order valence-electron chi connectivity index (χ3n) is 6.38. The first-order valence-electron chi connectivity index (χ1n) is 13.9. The summed E-state index contributed by atoms with van der Waals surface area (Å²) in [5.41, 5.74) is 2.55. The Labute approximate surface area is 235 Å². The van der Waals surface area contributed by atoms with Crippen LogP contribution in [0.25, 0.3) is 11.1 Å². The molecule has 0 aliphatic carbocycles. The van der Waals surface area contributed by atoms with E-state index in [1.54, 1.807) is 7.11 Å². The van der Waals surface area contributed by atoms with Crippen LogP contribution >= 0.6 is 0 Å². The van der Waals surface area contributed by atoms with E-state index in [1.165, 1.54) is 0 Å². The standard InChI is InChI=1S/C32H38N2O6/c1-4-6-20-38-31(35)29(5-2)39-27-12-9-11-24(22-27)23-34(32-33-28-13-7-8-14-30(28)40-32)19-10-21-37-26-17-15-25(36-3)16-18-26/h7-9,11-18,22,29H,4-6,10,19-21,23H2,1-3H3/t29-/m0/s1. The minimum absolute atomic E-state index is 0.327. The zero-order valence-corrected chi connectivity index (χ0v) is 23.5. The zero-order valence-electron chi connectivity index (χ0n) is 23.5. The molecule has 0 unspecified atom stereocenters. The number of oxazole rings is 1. The van der Waals surface area contributed by atoms with E-state index in [0.29, 0.717) is 44.5 Å². The number of aromatic nitrogens is 1. The molecule has 0 bridgehead atoms. The molecule has 40 heavy (non-hydrogen) atoms. The Balaban J connectivity index is 1.43. The second kappa shape index (κ2) is 14.8. The molecule has 0 aliphatic heterocycles. The highest BCUT2D eigenvalue weighted by Crippen LogP contribution is 2.25. The predicted octanol–water partition coefficient (Wildman–Crippen LogP) is 6.81. The number of carbonyl (C=O) groups excluding carboxylic acids is 1. The summed E-state index contributed by atoms with van der Waals surface area (Å²) in [6.45, 7) is 6.13. The van der Waals surface area contributed by atoms with E-state index in [-0.39, 0.29) is 5.97 Å². The Bertz CT molecular complexity index is 1300. The fourth-order valence-corrected chi connectivity index (χ4v) is 4.16. The van der Waals surface area contributed by atoms with Crippen molar-refractivity contribution in [1.29, 1.82) is 0 Å². The summed E-state index contributed by atoms with van der Waals surface area (Å²) in [5.74, 6) is 1.88. The molecule has 0 radical (unpaired) electrons. The van der Waals surface area contributed by atoms with Crippen molar-refractivity contribution in [3.8, 4) is 17.2 Å². The van der Waals surface area contributed by atoms with Crippen molar-refractivity contribution in [1.82, 2.24) is 4.98 Å². The maximum Gasteiger partial charge on any atom is 0.347 e. The molecule has 3 aromatic carbocycles. The average Bonchev–Trinajstić information content (AvgIpc) is 3.42. The van der Waals surface area contributed by atoms with Gasteiger partial charge in [0.15, 0.2) is 11.7 Å². The monoisotopic (exact) mass is 546 g/mol. The lowest BCUT2D eigenvalue weighted by molar-refractivity contribution is -0.152. The third kappa shape index (κ3) is 8.15. The predicted molar refractivity (Wildman–Crippen MR) is 155 cm³/mol.